The van der Waals surface area contributed by atoms with E-state index in [4.69, 9.17) is 0 Å². The van der Waals surface area contributed by atoms with Crippen molar-refractivity contribution in [3.63, 3.8) is 0 Å². The fourth-order valence-corrected chi connectivity index (χ4v) is 6.29. The first-order valence-electron chi connectivity index (χ1n) is 23.0. The molecule has 0 aromatic rings. The van der Waals surface area contributed by atoms with Crippen LogP contribution in [0, 0.1) is 0 Å². The second-order valence-electron chi connectivity index (χ2n) is 15.1. The Morgan fingerprint density at radius 1 is 0.455 bits per heavy atom. The van der Waals surface area contributed by atoms with Crippen LogP contribution in [0.1, 0.15) is 200 Å². The Morgan fingerprint density at radius 2 is 0.818 bits per heavy atom. The first-order chi connectivity index (χ1) is 27.2. The number of hydrogen-bond donors (Lipinski definition) is 3. The summed E-state index contributed by atoms with van der Waals surface area (Å²) < 4.78 is 0. The van der Waals surface area contributed by atoms with Gasteiger partial charge >= 0.3 is 0 Å². The van der Waals surface area contributed by atoms with Crippen molar-refractivity contribution in [2.24, 2.45) is 0 Å². The molecule has 0 aliphatic heterocycles. The van der Waals surface area contributed by atoms with Crippen LogP contribution in [0.2, 0.25) is 0 Å². The molecule has 0 heterocycles. The topological polar surface area (TPSA) is 69.6 Å². The normalized spacial score (nSPS) is 13.9. The van der Waals surface area contributed by atoms with Crippen LogP contribution in [0.4, 0.5) is 0 Å². The number of rotatable bonds is 40. The predicted molar refractivity (Wildman–Crippen MR) is 243 cm³/mol. The highest BCUT2D eigenvalue weighted by Crippen LogP contribution is 2.14. The van der Waals surface area contributed by atoms with Crippen molar-refractivity contribution in [3.8, 4) is 0 Å². The summed E-state index contributed by atoms with van der Waals surface area (Å²) in [5.41, 5.74) is 0. The lowest BCUT2D eigenvalue weighted by Crippen LogP contribution is -2.45. The van der Waals surface area contributed by atoms with Crippen molar-refractivity contribution < 1.29 is 15.0 Å². The minimum absolute atomic E-state index is 0.0846. The van der Waals surface area contributed by atoms with Crippen molar-refractivity contribution >= 4 is 5.91 Å². The van der Waals surface area contributed by atoms with Crippen molar-refractivity contribution in [1.29, 1.82) is 0 Å². The number of unbranched alkanes of at least 4 members (excludes halogenated alkanes) is 19. The number of amides is 1. The third-order valence-electron chi connectivity index (χ3n) is 9.78. The maximum atomic E-state index is 12.4. The molecule has 0 bridgehead atoms. The average molecular weight is 762 g/mol. The first kappa shape index (κ1) is 52.3. The van der Waals surface area contributed by atoms with Gasteiger partial charge in [0, 0.05) is 6.42 Å². The zero-order valence-corrected chi connectivity index (χ0v) is 35.9. The smallest absolute Gasteiger partial charge is 0.220 e. The van der Waals surface area contributed by atoms with Crippen LogP contribution in [-0.4, -0.2) is 34.9 Å². The van der Waals surface area contributed by atoms with Gasteiger partial charge in [0.25, 0.3) is 0 Å². The summed E-state index contributed by atoms with van der Waals surface area (Å²) in [6.07, 6.45) is 68.1. The van der Waals surface area contributed by atoms with Gasteiger partial charge in [0.05, 0.1) is 18.8 Å². The van der Waals surface area contributed by atoms with Gasteiger partial charge in [0.2, 0.25) is 5.91 Å². The van der Waals surface area contributed by atoms with Crippen molar-refractivity contribution in [1.82, 2.24) is 5.32 Å². The second kappa shape index (κ2) is 45.7. The number of allylic oxidation sites excluding steroid dienone is 15. The van der Waals surface area contributed by atoms with Gasteiger partial charge in [-0.15, -0.1) is 0 Å². The van der Waals surface area contributed by atoms with E-state index in [1.807, 2.05) is 6.08 Å². The summed E-state index contributed by atoms with van der Waals surface area (Å²) in [6.45, 7) is 4.14. The van der Waals surface area contributed by atoms with Gasteiger partial charge in [0.1, 0.15) is 0 Å². The van der Waals surface area contributed by atoms with Crippen molar-refractivity contribution in [3.05, 3.63) is 97.2 Å². The number of carbonyl (C=O) groups excluding carboxylic acids is 1. The van der Waals surface area contributed by atoms with Gasteiger partial charge in [0.15, 0.2) is 0 Å². The zero-order chi connectivity index (χ0) is 40.0. The van der Waals surface area contributed by atoms with Gasteiger partial charge in [-0.25, -0.2) is 0 Å². The van der Waals surface area contributed by atoms with Gasteiger partial charge in [-0.05, 0) is 89.9 Å². The Morgan fingerprint density at radius 3 is 1.27 bits per heavy atom. The molecule has 0 saturated carbocycles. The van der Waals surface area contributed by atoms with E-state index < -0.39 is 12.1 Å². The number of aliphatic hydroxyl groups is 2. The quantitative estimate of drug-likeness (QED) is 0.0430. The van der Waals surface area contributed by atoms with E-state index in [9.17, 15) is 15.0 Å². The molecule has 0 aromatic carbocycles. The molecule has 0 fully saturated rings. The van der Waals surface area contributed by atoms with Crippen LogP contribution in [0.15, 0.2) is 97.2 Å². The minimum Gasteiger partial charge on any atom is -0.394 e. The van der Waals surface area contributed by atoms with E-state index >= 15 is 0 Å². The molecule has 0 aliphatic rings. The Labute approximate surface area is 341 Å². The number of hydrogen-bond acceptors (Lipinski definition) is 3. The summed E-state index contributed by atoms with van der Waals surface area (Å²) in [5, 5.41) is 23.0. The monoisotopic (exact) mass is 762 g/mol. The maximum absolute atomic E-state index is 12.4. The molecule has 0 rings (SSSR count). The standard InChI is InChI=1S/C51H87NO3/c1-3-5-7-9-11-13-15-17-19-20-21-22-23-24-25-26-27-28-29-30-31-32-33-35-37-39-41-43-45-47-51(55)52-49(48-53)50(54)46-44-42-40-38-36-34-18-16-14-12-10-8-6-4-2/h5,7,11,13-14,16-17,19,21-22,24-25,36,38,44,46,49-50,53-54H,3-4,6,8-10,12,15,18,20,23,26-35,37,39-43,45,47-48H2,1-2H3,(H,52,55)/b7-5-,13-11-,16-14+,19-17-,22-21-,25-24-,38-36+,46-44+. The van der Waals surface area contributed by atoms with Crippen LogP contribution < -0.4 is 5.32 Å². The molecule has 3 N–H and O–H groups in total. The largest absolute Gasteiger partial charge is 0.394 e. The third kappa shape index (κ3) is 42.3. The van der Waals surface area contributed by atoms with Crippen LogP contribution in [0.5, 0.6) is 0 Å². The molecule has 0 aliphatic carbocycles. The number of carbonyl (C=O) groups is 1. The lowest BCUT2D eigenvalue weighted by atomic mass is 10.0. The fourth-order valence-electron chi connectivity index (χ4n) is 6.29. The van der Waals surface area contributed by atoms with Crippen LogP contribution >= 0.6 is 0 Å². The molecule has 2 unspecified atom stereocenters. The molecule has 2 atom stereocenters. The SMILES string of the molecule is CC/C=C\C/C=C\C/C=C\C/C=C\C/C=C\CCCCCCCCCCCCCCCC(=O)NC(CO)C(O)/C=C/CC/C=C/CC/C=C/CCCCCC. The van der Waals surface area contributed by atoms with Crippen LogP contribution in [0.25, 0.3) is 0 Å². The van der Waals surface area contributed by atoms with E-state index in [2.05, 4.69) is 104 Å². The number of nitrogens with one attached hydrogen (secondary N) is 1. The summed E-state index contributed by atoms with van der Waals surface area (Å²) in [4.78, 5) is 12.4. The molecule has 0 spiro atoms. The van der Waals surface area contributed by atoms with Crippen LogP contribution in [-0.2, 0) is 4.79 Å². The third-order valence-corrected chi connectivity index (χ3v) is 9.78. The molecular weight excluding hydrogens is 675 g/mol. The molecular formula is C51H87NO3. The first-order valence-corrected chi connectivity index (χ1v) is 23.0. The van der Waals surface area contributed by atoms with E-state index in [-0.39, 0.29) is 12.5 Å². The van der Waals surface area contributed by atoms with E-state index in [0.29, 0.717) is 6.42 Å². The highest BCUT2D eigenvalue weighted by molar-refractivity contribution is 5.76. The Hall–Kier alpha value is -2.69. The summed E-state index contributed by atoms with van der Waals surface area (Å²) >= 11 is 0. The van der Waals surface area contributed by atoms with Gasteiger partial charge in [-0.3, -0.25) is 4.79 Å². The lowest BCUT2D eigenvalue weighted by molar-refractivity contribution is -0.123. The predicted octanol–water partition coefficient (Wildman–Crippen LogP) is 14.6. The number of aliphatic hydroxyl groups excluding tert-OH is 2. The Bertz CT molecular complexity index is 1050. The van der Waals surface area contributed by atoms with Gasteiger partial charge in [-0.1, -0.05) is 201 Å². The highest BCUT2D eigenvalue weighted by atomic mass is 16.3. The van der Waals surface area contributed by atoms with Crippen LogP contribution in [0.3, 0.4) is 0 Å². The minimum atomic E-state index is -0.874. The molecule has 55 heavy (non-hydrogen) atoms. The van der Waals surface area contributed by atoms with Gasteiger partial charge in [-0.2, -0.15) is 0 Å². The highest BCUT2D eigenvalue weighted by Gasteiger charge is 2.17. The Balaban J connectivity index is 3.60. The molecule has 0 saturated heterocycles. The molecule has 0 radical (unpaired) electrons. The molecule has 1 amide bonds. The van der Waals surface area contributed by atoms with E-state index in [1.165, 1.54) is 109 Å². The summed E-state index contributed by atoms with van der Waals surface area (Å²) in [5.74, 6) is -0.0846. The summed E-state index contributed by atoms with van der Waals surface area (Å²) in [7, 11) is 0. The maximum Gasteiger partial charge on any atom is 0.220 e. The lowest BCUT2D eigenvalue weighted by Gasteiger charge is -2.19. The average Bonchev–Trinajstić information content (AvgIpc) is 3.19. The molecule has 0 aromatic heterocycles. The zero-order valence-electron chi connectivity index (χ0n) is 35.9. The van der Waals surface area contributed by atoms with Crippen molar-refractivity contribution in [2.75, 3.05) is 6.61 Å². The molecule has 4 nitrogen and oxygen atoms in total. The second-order valence-corrected chi connectivity index (χ2v) is 15.1. The van der Waals surface area contributed by atoms with E-state index in [0.717, 1.165) is 70.6 Å². The Kier molecular flexibility index (Phi) is 43.5. The summed E-state index contributed by atoms with van der Waals surface area (Å²) in [6, 6.07) is -0.650. The molecule has 314 valence electrons. The van der Waals surface area contributed by atoms with Crippen molar-refractivity contribution in [2.45, 2.75) is 212 Å². The van der Waals surface area contributed by atoms with Gasteiger partial charge < -0.3 is 15.5 Å². The van der Waals surface area contributed by atoms with E-state index in [1.54, 1.807) is 6.08 Å². The fraction of sp³-hybridized carbons (Fsp3) is 0.667. The molecule has 4 heteroatoms.